The molecule has 0 spiro atoms. The van der Waals surface area contributed by atoms with Gasteiger partial charge >= 0.3 is 0 Å². The Hall–Kier alpha value is -1.52. The SMILES string of the molecule is CNc1nc(C)cc(Oc2cc(Cl)ccc2Cl)n1. The Bertz CT molecular complexity index is 575. The number of halogens is 2. The molecule has 0 saturated carbocycles. The average molecular weight is 284 g/mol. The van der Waals surface area contributed by atoms with Gasteiger partial charge in [-0.2, -0.15) is 4.98 Å². The van der Waals surface area contributed by atoms with Crippen molar-refractivity contribution in [3.05, 3.63) is 40.0 Å². The number of nitrogens with zero attached hydrogens (tertiary/aromatic N) is 2. The molecule has 1 aromatic heterocycles. The molecular formula is C12H11Cl2N3O. The number of aromatic nitrogens is 2. The molecule has 1 N–H and O–H groups in total. The van der Waals surface area contributed by atoms with Gasteiger partial charge in [0.25, 0.3) is 0 Å². The summed E-state index contributed by atoms with van der Waals surface area (Å²) in [4.78, 5) is 8.34. The second kappa shape index (κ2) is 5.42. The Labute approximate surface area is 115 Å². The molecule has 2 aromatic rings. The van der Waals surface area contributed by atoms with E-state index >= 15 is 0 Å². The first-order chi connectivity index (χ1) is 8.58. The van der Waals surface area contributed by atoms with Gasteiger partial charge in [0.2, 0.25) is 11.8 Å². The molecule has 4 nitrogen and oxygen atoms in total. The number of aryl methyl sites for hydroxylation is 1. The Morgan fingerprint density at radius 2 is 1.94 bits per heavy atom. The molecule has 0 aliphatic carbocycles. The molecule has 2 rings (SSSR count). The number of rotatable bonds is 3. The lowest BCUT2D eigenvalue weighted by atomic mass is 10.3. The van der Waals surface area contributed by atoms with E-state index in [0.29, 0.717) is 27.6 Å². The zero-order chi connectivity index (χ0) is 13.1. The Morgan fingerprint density at radius 1 is 1.17 bits per heavy atom. The van der Waals surface area contributed by atoms with Crippen LogP contribution in [0.5, 0.6) is 11.6 Å². The van der Waals surface area contributed by atoms with Gasteiger partial charge in [0.05, 0.1) is 5.02 Å². The van der Waals surface area contributed by atoms with Gasteiger partial charge in [-0.3, -0.25) is 0 Å². The predicted octanol–water partition coefficient (Wildman–Crippen LogP) is 3.93. The van der Waals surface area contributed by atoms with E-state index in [2.05, 4.69) is 15.3 Å². The van der Waals surface area contributed by atoms with E-state index in [1.54, 1.807) is 31.3 Å². The third kappa shape index (κ3) is 3.03. The van der Waals surface area contributed by atoms with E-state index in [1.165, 1.54) is 0 Å². The van der Waals surface area contributed by atoms with Gasteiger partial charge in [-0.05, 0) is 19.1 Å². The van der Waals surface area contributed by atoms with Crippen molar-refractivity contribution in [2.45, 2.75) is 6.92 Å². The summed E-state index contributed by atoms with van der Waals surface area (Å²) in [5.41, 5.74) is 0.794. The second-order valence-corrected chi connectivity index (χ2v) is 4.44. The summed E-state index contributed by atoms with van der Waals surface area (Å²) in [6.45, 7) is 1.86. The first-order valence-electron chi connectivity index (χ1n) is 5.25. The molecule has 0 aliphatic rings. The number of nitrogens with one attached hydrogen (secondary N) is 1. The maximum Gasteiger partial charge on any atom is 0.225 e. The number of benzene rings is 1. The minimum Gasteiger partial charge on any atom is -0.437 e. The Kier molecular flexibility index (Phi) is 3.89. The van der Waals surface area contributed by atoms with Gasteiger partial charge in [-0.15, -0.1) is 0 Å². The zero-order valence-corrected chi connectivity index (χ0v) is 11.4. The summed E-state index contributed by atoms with van der Waals surface area (Å²) >= 11 is 11.9. The topological polar surface area (TPSA) is 47.0 Å². The molecule has 1 aromatic carbocycles. The van der Waals surface area contributed by atoms with Crippen molar-refractivity contribution in [3.8, 4) is 11.6 Å². The van der Waals surface area contributed by atoms with Crippen molar-refractivity contribution in [2.24, 2.45) is 0 Å². The molecule has 18 heavy (non-hydrogen) atoms. The summed E-state index contributed by atoms with van der Waals surface area (Å²) in [6.07, 6.45) is 0. The van der Waals surface area contributed by atoms with Crippen LogP contribution in [0.4, 0.5) is 5.95 Å². The van der Waals surface area contributed by atoms with Crippen molar-refractivity contribution >= 4 is 29.2 Å². The van der Waals surface area contributed by atoms with Crippen molar-refractivity contribution in [3.63, 3.8) is 0 Å². The van der Waals surface area contributed by atoms with Crippen molar-refractivity contribution in [1.29, 1.82) is 0 Å². The summed E-state index contributed by atoms with van der Waals surface area (Å²) in [7, 11) is 1.74. The summed E-state index contributed by atoms with van der Waals surface area (Å²) in [6, 6.07) is 6.73. The van der Waals surface area contributed by atoms with E-state index in [4.69, 9.17) is 27.9 Å². The average Bonchev–Trinajstić information content (AvgIpc) is 2.33. The third-order valence-electron chi connectivity index (χ3n) is 2.16. The maximum atomic E-state index is 6.02. The van der Waals surface area contributed by atoms with Crippen molar-refractivity contribution in [1.82, 2.24) is 9.97 Å². The molecule has 1 heterocycles. The van der Waals surface area contributed by atoms with Crippen LogP contribution in [-0.2, 0) is 0 Å². The standard InChI is InChI=1S/C12H11Cl2N3O/c1-7-5-11(17-12(15-2)16-7)18-10-6-8(13)3-4-9(10)14/h3-6H,1-2H3,(H,15,16,17). The van der Waals surface area contributed by atoms with E-state index < -0.39 is 0 Å². The highest BCUT2D eigenvalue weighted by atomic mass is 35.5. The van der Waals surface area contributed by atoms with Crippen molar-refractivity contribution < 1.29 is 4.74 Å². The fourth-order valence-electron chi connectivity index (χ4n) is 1.37. The van der Waals surface area contributed by atoms with Gasteiger partial charge in [0.1, 0.15) is 5.75 Å². The van der Waals surface area contributed by atoms with Gasteiger partial charge in [0.15, 0.2) is 0 Å². The molecule has 6 heteroatoms. The van der Waals surface area contributed by atoms with Gasteiger partial charge in [0, 0.05) is 29.9 Å². The van der Waals surface area contributed by atoms with E-state index in [1.807, 2.05) is 6.92 Å². The van der Waals surface area contributed by atoms with E-state index in [9.17, 15) is 0 Å². The fourth-order valence-corrected chi connectivity index (χ4v) is 1.69. The molecule has 0 atom stereocenters. The largest absolute Gasteiger partial charge is 0.437 e. The zero-order valence-electron chi connectivity index (χ0n) is 9.87. The molecule has 0 bridgehead atoms. The molecule has 0 aliphatic heterocycles. The van der Waals surface area contributed by atoms with Crippen LogP contribution in [0.15, 0.2) is 24.3 Å². The molecule has 0 saturated heterocycles. The Morgan fingerprint density at radius 3 is 2.67 bits per heavy atom. The second-order valence-electron chi connectivity index (χ2n) is 3.60. The lowest BCUT2D eigenvalue weighted by Gasteiger charge is -2.08. The first-order valence-corrected chi connectivity index (χ1v) is 6.00. The van der Waals surface area contributed by atoms with Gasteiger partial charge in [-0.25, -0.2) is 4.98 Å². The van der Waals surface area contributed by atoms with Crippen LogP contribution in [0.25, 0.3) is 0 Å². The number of hydrogen-bond acceptors (Lipinski definition) is 4. The smallest absolute Gasteiger partial charge is 0.225 e. The van der Waals surface area contributed by atoms with Crippen LogP contribution >= 0.6 is 23.2 Å². The highest BCUT2D eigenvalue weighted by molar-refractivity contribution is 6.34. The minimum absolute atomic E-state index is 0.413. The number of hydrogen-bond donors (Lipinski definition) is 1. The van der Waals surface area contributed by atoms with Crippen LogP contribution < -0.4 is 10.1 Å². The molecule has 0 unspecified atom stereocenters. The van der Waals surface area contributed by atoms with Crippen LogP contribution in [0.2, 0.25) is 10.0 Å². The van der Waals surface area contributed by atoms with Gasteiger partial charge < -0.3 is 10.1 Å². The molecule has 0 amide bonds. The summed E-state index contributed by atoms with van der Waals surface area (Å²) in [5, 5.41) is 3.88. The van der Waals surface area contributed by atoms with Gasteiger partial charge in [-0.1, -0.05) is 23.2 Å². The van der Waals surface area contributed by atoms with Crippen LogP contribution in [0.3, 0.4) is 0 Å². The highest BCUT2D eigenvalue weighted by Gasteiger charge is 2.07. The lowest BCUT2D eigenvalue weighted by molar-refractivity contribution is 0.462. The third-order valence-corrected chi connectivity index (χ3v) is 2.71. The van der Waals surface area contributed by atoms with Crippen molar-refractivity contribution in [2.75, 3.05) is 12.4 Å². The minimum atomic E-state index is 0.413. The molecule has 94 valence electrons. The predicted molar refractivity (Wildman–Crippen MR) is 72.9 cm³/mol. The lowest BCUT2D eigenvalue weighted by Crippen LogP contribution is -1.99. The van der Waals surface area contributed by atoms with E-state index in [0.717, 1.165) is 5.69 Å². The Balaban J connectivity index is 2.33. The number of ether oxygens (including phenoxy) is 1. The molecule has 0 radical (unpaired) electrons. The molecular weight excluding hydrogens is 273 g/mol. The van der Waals surface area contributed by atoms with E-state index in [-0.39, 0.29) is 0 Å². The monoisotopic (exact) mass is 283 g/mol. The van der Waals surface area contributed by atoms with Crippen LogP contribution in [-0.4, -0.2) is 17.0 Å². The maximum absolute atomic E-state index is 6.02. The first kappa shape index (κ1) is 12.9. The summed E-state index contributed by atoms with van der Waals surface area (Å²) in [5.74, 6) is 1.36. The highest BCUT2D eigenvalue weighted by Crippen LogP contribution is 2.31. The normalized spacial score (nSPS) is 10.2. The fraction of sp³-hybridized carbons (Fsp3) is 0.167. The quantitative estimate of drug-likeness (QED) is 0.927. The van der Waals surface area contributed by atoms with Crippen LogP contribution in [0.1, 0.15) is 5.69 Å². The molecule has 0 fully saturated rings. The summed E-state index contributed by atoms with van der Waals surface area (Å²) < 4.78 is 5.61. The number of anilines is 1. The van der Waals surface area contributed by atoms with Crippen LogP contribution in [0, 0.1) is 6.92 Å².